The van der Waals surface area contributed by atoms with Gasteiger partial charge in [-0.05, 0) is 6.92 Å². The van der Waals surface area contributed by atoms with Gasteiger partial charge < -0.3 is 5.11 Å². The topological polar surface area (TPSA) is 47.3 Å². The highest BCUT2D eigenvalue weighted by atomic mass is 19.3. The Kier molecular flexibility index (Phi) is 6.37. The van der Waals surface area contributed by atoms with Gasteiger partial charge in [-0.1, -0.05) is 0 Å². The Morgan fingerprint density at radius 1 is 1.46 bits per heavy atom. The van der Waals surface area contributed by atoms with E-state index in [9.17, 15) is 8.78 Å². The number of aliphatic hydroxyl groups excluding tert-OH is 1. The van der Waals surface area contributed by atoms with Crippen molar-refractivity contribution < 1.29 is 13.9 Å². The maximum Gasteiger partial charge on any atom is 0.251 e. The fourth-order valence-corrected chi connectivity index (χ4v) is 1.02. The fraction of sp³-hybridized carbons (Fsp3) is 0.875. The van der Waals surface area contributed by atoms with E-state index in [-0.39, 0.29) is 32.2 Å². The number of halogens is 2. The maximum absolute atomic E-state index is 12.0. The monoisotopic (exact) mass is 192 g/mol. The first-order chi connectivity index (χ1) is 6.10. The number of hydrogen-bond acceptors (Lipinski definition) is 3. The summed E-state index contributed by atoms with van der Waals surface area (Å²) in [6, 6.07) is 1.96. The highest BCUT2D eigenvalue weighted by Crippen LogP contribution is 2.02. The third-order valence-electron chi connectivity index (χ3n) is 1.56. The van der Waals surface area contributed by atoms with Gasteiger partial charge in [0.05, 0.1) is 25.1 Å². The minimum atomic E-state index is -2.42. The molecule has 0 aliphatic carbocycles. The Bertz CT molecular complexity index is 170. The van der Waals surface area contributed by atoms with Gasteiger partial charge in [0.2, 0.25) is 0 Å². The van der Waals surface area contributed by atoms with Crippen LogP contribution in [-0.2, 0) is 0 Å². The molecule has 0 spiro atoms. The quantitative estimate of drug-likeness (QED) is 0.674. The summed E-state index contributed by atoms with van der Waals surface area (Å²) in [5, 5.41) is 17.0. The van der Waals surface area contributed by atoms with Crippen molar-refractivity contribution in [1.29, 1.82) is 5.26 Å². The second-order valence-corrected chi connectivity index (χ2v) is 2.90. The molecule has 0 radical (unpaired) electrons. The lowest BCUT2D eigenvalue weighted by Gasteiger charge is -2.21. The Morgan fingerprint density at radius 3 is 2.46 bits per heavy atom. The lowest BCUT2D eigenvalue weighted by molar-refractivity contribution is 0.0746. The van der Waals surface area contributed by atoms with E-state index in [1.807, 2.05) is 6.07 Å². The molecular formula is C8H14F2N2O. The maximum atomic E-state index is 12.0. The molecule has 5 heteroatoms. The van der Waals surface area contributed by atoms with E-state index < -0.39 is 6.43 Å². The van der Waals surface area contributed by atoms with E-state index >= 15 is 0 Å². The Hall–Kier alpha value is -0.730. The molecule has 0 fully saturated rings. The van der Waals surface area contributed by atoms with Crippen molar-refractivity contribution in [2.24, 2.45) is 5.92 Å². The van der Waals surface area contributed by atoms with Gasteiger partial charge in [-0.15, -0.1) is 0 Å². The minimum absolute atomic E-state index is 0.162. The standard InChI is InChI=1S/C8H14F2N2O/c1-7(4-11)5-12(2-3-13)6-8(9)10/h7-8,13H,2-3,5-6H2,1H3. The van der Waals surface area contributed by atoms with Crippen molar-refractivity contribution in [2.45, 2.75) is 13.3 Å². The van der Waals surface area contributed by atoms with Crippen molar-refractivity contribution >= 4 is 0 Å². The van der Waals surface area contributed by atoms with Gasteiger partial charge in [-0.3, -0.25) is 4.90 Å². The molecule has 3 nitrogen and oxygen atoms in total. The van der Waals surface area contributed by atoms with Crippen LogP contribution in [0.3, 0.4) is 0 Å². The van der Waals surface area contributed by atoms with Gasteiger partial charge in [-0.2, -0.15) is 5.26 Å². The van der Waals surface area contributed by atoms with Crippen molar-refractivity contribution in [3.8, 4) is 6.07 Å². The first kappa shape index (κ1) is 12.3. The average Bonchev–Trinajstić information content (AvgIpc) is 2.03. The summed E-state index contributed by atoms with van der Waals surface area (Å²) < 4.78 is 23.9. The number of nitriles is 1. The third kappa shape index (κ3) is 6.43. The zero-order valence-electron chi connectivity index (χ0n) is 7.58. The molecule has 0 saturated heterocycles. The summed E-state index contributed by atoms with van der Waals surface area (Å²) in [5.41, 5.74) is 0. The molecule has 0 aliphatic heterocycles. The summed E-state index contributed by atoms with van der Waals surface area (Å²) in [6.45, 7) is 1.59. The average molecular weight is 192 g/mol. The molecule has 1 N–H and O–H groups in total. The number of rotatable bonds is 6. The van der Waals surface area contributed by atoms with Gasteiger partial charge in [0.25, 0.3) is 6.43 Å². The predicted molar refractivity (Wildman–Crippen MR) is 44.3 cm³/mol. The van der Waals surface area contributed by atoms with Crippen LogP contribution in [-0.4, -0.2) is 42.7 Å². The van der Waals surface area contributed by atoms with Gasteiger partial charge in [0, 0.05) is 13.1 Å². The summed E-state index contributed by atoms with van der Waals surface area (Å²) in [7, 11) is 0. The van der Waals surface area contributed by atoms with Crippen LogP contribution in [0.2, 0.25) is 0 Å². The third-order valence-corrected chi connectivity index (χ3v) is 1.56. The summed E-state index contributed by atoms with van der Waals surface area (Å²) in [6.07, 6.45) is -2.42. The largest absolute Gasteiger partial charge is 0.395 e. The molecule has 0 bridgehead atoms. The minimum Gasteiger partial charge on any atom is -0.395 e. The molecule has 0 aliphatic rings. The zero-order chi connectivity index (χ0) is 10.3. The second-order valence-electron chi connectivity index (χ2n) is 2.90. The number of alkyl halides is 2. The molecule has 0 amide bonds. The summed E-state index contributed by atoms with van der Waals surface area (Å²) in [4.78, 5) is 1.39. The molecular weight excluding hydrogens is 178 g/mol. The highest BCUT2D eigenvalue weighted by molar-refractivity contribution is 4.81. The zero-order valence-corrected chi connectivity index (χ0v) is 7.58. The molecule has 1 atom stereocenters. The van der Waals surface area contributed by atoms with Gasteiger partial charge in [0.1, 0.15) is 0 Å². The molecule has 0 saturated carbocycles. The van der Waals surface area contributed by atoms with E-state index in [0.29, 0.717) is 0 Å². The van der Waals surface area contributed by atoms with E-state index in [2.05, 4.69) is 0 Å². The molecule has 0 aromatic heterocycles. The summed E-state index contributed by atoms with van der Waals surface area (Å²) >= 11 is 0. The van der Waals surface area contributed by atoms with E-state index in [1.165, 1.54) is 4.90 Å². The normalized spacial score (nSPS) is 13.3. The first-order valence-corrected chi connectivity index (χ1v) is 4.11. The molecule has 0 rings (SSSR count). The number of nitrogens with zero attached hydrogens (tertiary/aromatic N) is 2. The molecule has 1 unspecified atom stereocenters. The van der Waals surface area contributed by atoms with E-state index in [4.69, 9.17) is 10.4 Å². The predicted octanol–water partition coefficient (Wildman–Crippen LogP) is 0.705. The molecule has 13 heavy (non-hydrogen) atoms. The lowest BCUT2D eigenvalue weighted by atomic mass is 10.2. The van der Waals surface area contributed by atoms with Crippen LogP contribution in [0.4, 0.5) is 8.78 Å². The van der Waals surface area contributed by atoms with Crippen molar-refractivity contribution in [1.82, 2.24) is 4.90 Å². The molecule has 76 valence electrons. The SMILES string of the molecule is CC(C#N)CN(CCO)CC(F)F. The van der Waals surface area contributed by atoms with Crippen LogP contribution in [0.1, 0.15) is 6.92 Å². The Morgan fingerprint density at radius 2 is 2.08 bits per heavy atom. The van der Waals surface area contributed by atoms with E-state index in [1.54, 1.807) is 6.92 Å². The van der Waals surface area contributed by atoms with E-state index in [0.717, 1.165) is 0 Å². The smallest absolute Gasteiger partial charge is 0.251 e. The molecule has 0 heterocycles. The second kappa shape index (κ2) is 6.75. The Labute approximate surface area is 76.6 Å². The van der Waals surface area contributed by atoms with Gasteiger partial charge in [-0.25, -0.2) is 8.78 Å². The highest BCUT2D eigenvalue weighted by Gasteiger charge is 2.13. The van der Waals surface area contributed by atoms with Crippen LogP contribution in [0.5, 0.6) is 0 Å². The van der Waals surface area contributed by atoms with Crippen LogP contribution in [0, 0.1) is 17.2 Å². The number of aliphatic hydroxyl groups is 1. The molecule has 0 aromatic carbocycles. The van der Waals surface area contributed by atoms with Crippen molar-refractivity contribution in [2.75, 3.05) is 26.2 Å². The molecule has 0 aromatic rings. The van der Waals surface area contributed by atoms with Crippen molar-refractivity contribution in [3.05, 3.63) is 0 Å². The van der Waals surface area contributed by atoms with Crippen LogP contribution in [0.25, 0.3) is 0 Å². The summed E-state index contributed by atoms with van der Waals surface area (Å²) in [5.74, 6) is -0.287. The van der Waals surface area contributed by atoms with Crippen LogP contribution >= 0.6 is 0 Å². The fourth-order valence-electron chi connectivity index (χ4n) is 1.02. The van der Waals surface area contributed by atoms with Crippen LogP contribution < -0.4 is 0 Å². The van der Waals surface area contributed by atoms with Crippen molar-refractivity contribution in [3.63, 3.8) is 0 Å². The Balaban J connectivity index is 3.87. The van der Waals surface area contributed by atoms with Gasteiger partial charge in [0.15, 0.2) is 0 Å². The van der Waals surface area contributed by atoms with Crippen LogP contribution in [0.15, 0.2) is 0 Å². The first-order valence-electron chi connectivity index (χ1n) is 4.11. The lowest BCUT2D eigenvalue weighted by Crippen LogP contribution is -2.34. The van der Waals surface area contributed by atoms with Gasteiger partial charge >= 0.3 is 0 Å². The number of hydrogen-bond donors (Lipinski definition) is 1.